The Morgan fingerprint density at radius 2 is 1.93 bits per heavy atom. The first-order valence-corrected chi connectivity index (χ1v) is 9.88. The fourth-order valence-electron chi connectivity index (χ4n) is 3.00. The summed E-state index contributed by atoms with van der Waals surface area (Å²) in [6, 6.07) is 7.55. The minimum Gasteiger partial charge on any atom is -0.324 e. The van der Waals surface area contributed by atoms with Crippen LogP contribution >= 0.6 is 11.3 Å². The van der Waals surface area contributed by atoms with Crippen molar-refractivity contribution in [1.29, 1.82) is 0 Å². The summed E-state index contributed by atoms with van der Waals surface area (Å²) in [5.41, 5.74) is 2.53. The van der Waals surface area contributed by atoms with Crippen LogP contribution < -0.4 is 16.6 Å². The molecule has 0 radical (unpaired) electrons. The second kappa shape index (κ2) is 7.92. The highest BCUT2D eigenvalue weighted by Crippen LogP contribution is 2.18. The van der Waals surface area contributed by atoms with Gasteiger partial charge in [0.15, 0.2) is 0 Å². The summed E-state index contributed by atoms with van der Waals surface area (Å²) >= 11 is 1.30. The number of carbonyl (C=O) groups excluding carboxylic acids is 1. The number of carbonyl (C=O) groups is 1. The van der Waals surface area contributed by atoms with Gasteiger partial charge in [0.05, 0.1) is 5.52 Å². The lowest BCUT2D eigenvalue weighted by molar-refractivity contribution is -0.116. The molecule has 7 heteroatoms. The van der Waals surface area contributed by atoms with E-state index in [2.05, 4.69) is 5.32 Å². The van der Waals surface area contributed by atoms with Crippen LogP contribution in [0.4, 0.5) is 5.69 Å². The lowest BCUT2D eigenvalue weighted by Gasteiger charge is -2.13. The number of rotatable bonds is 6. The van der Waals surface area contributed by atoms with Crippen LogP contribution in [0, 0.1) is 13.8 Å². The van der Waals surface area contributed by atoms with Crippen molar-refractivity contribution in [2.24, 2.45) is 0 Å². The molecule has 1 N–H and O–H groups in total. The number of aromatic nitrogens is 2. The highest BCUT2D eigenvalue weighted by molar-refractivity contribution is 7.17. The van der Waals surface area contributed by atoms with Gasteiger partial charge < -0.3 is 5.32 Å². The van der Waals surface area contributed by atoms with E-state index in [1.54, 1.807) is 11.4 Å². The van der Waals surface area contributed by atoms with E-state index in [1.807, 2.05) is 39.0 Å². The van der Waals surface area contributed by atoms with Gasteiger partial charge in [-0.15, -0.1) is 11.3 Å². The fourth-order valence-corrected chi connectivity index (χ4v) is 3.85. The van der Waals surface area contributed by atoms with Crippen molar-refractivity contribution in [1.82, 2.24) is 9.13 Å². The molecule has 0 aliphatic carbocycles. The van der Waals surface area contributed by atoms with E-state index in [1.165, 1.54) is 20.5 Å². The van der Waals surface area contributed by atoms with Gasteiger partial charge in [-0.1, -0.05) is 25.5 Å². The quantitative estimate of drug-likeness (QED) is 0.708. The molecule has 0 aliphatic rings. The molecule has 0 atom stereocenters. The summed E-state index contributed by atoms with van der Waals surface area (Å²) in [7, 11) is 0. The molecule has 3 aromatic rings. The first kappa shape index (κ1) is 19.1. The summed E-state index contributed by atoms with van der Waals surface area (Å²) in [6.07, 6.45) is 1.61. The maximum atomic E-state index is 12.9. The fraction of sp³-hybridized carbons (Fsp3) is 0.350. The molecular formula is C20H23N3O3S. The molecular weight excluding hydrogens is 362 g/mol. The second-order valence-electron chi connectivity index (χ2n) is 6.68. The van der Waals surface area contributed by atoms with Crippen molar-refractivity contribution >= 4 is 33.1 Å². The maximum absolute atomic E-state index is 12.9. The van der Waals surface area contributed by atoms with Crippen molar-refractivity contribution in [3.05, 3.63) is 61.6 Å². The number of fused-ring (bicyclic) bond motifs is 1. The van der Waals surface area contributed by atoms with E-state index >= 15 is 0 Å². The number of nitrogens with zero attached hydrogens (tertiary/aromatic N) is 2. The van der Waals surface area contributed by atoms with Crippen LogP contribution in [-0.4, -0.2) is 15.0 Å². The summed E-state index contributed by atoms with van der Waals surface area (Å²) < 4.78 is 3.14. The summed E-state index contributed by atoms with van der Waals surface area (Å²) in [6.45, 7) is 6.11. The van der Waals surface area contributed by atoms with E-state index in [-0.39, 0.29) is 18.0 Å². The Balaban J connectivity index is 1.97. The Bertz CT molecular complexity index is 1110. The lowest BCUT2D eigenvalue weighted by Crippen LogP contribution is -2.41. The highest BCUT2D eigenvalue weighted by Gasteiger charge is 2.16. The standard InChI is InChI=1S/C20H23N3O3S/c1-4-5-9-22-19(25)18-16(8-10-27-18)23(20(22)26)12-17(24)21-15-11-13(2)6-7-14(15)3/h6-8,10-11H,4-5,9,12H2,1-3H3,(H,21,24). The summed E-state index contributed by atoms with van der Waals surface area (Å²) in [5, 5.41) is 4.65. The zero-order valence-electron chi connectivity index (χ0n) is 15.7. The van der Waals surface area contributed by atoms with Crippen LogP contribution in [0.1, 0.15) is 30.9 Å². The van der Waals surface area contributed by atoms with Gasteiger partial charge in [-0.05, 0) is 48.9 Å². The molecule has 27 heavy (non-hydrogen) atoms. The van der Waals surface area contributed by atoms with Gasteiger partial charge in [0.2, 0.25) is 5.91 Å². The molecule has 6 nitrogen and oxygen atoms in total. The molecule has 1 aromatic carbocycles. The van der Waals surface area contributed by atoms with E-state index in [9.17, 15) is 14.4 Å². The maximum Gasteiger partial charge on any atom is 0.332 e. The predicted octanol–water partition coefficient (Wildman–Crippen LogP) is 3.28. The third kappa shape index (κ3) is 3.88. The Hall–Kier alpha value is -2.67. The van der Waals surface area contributed by atoms with Crippen molar-refractivity contribution in [2.75, 3.05) is 5.32 Å². The lowest BCUT2D eigenvalue weighted by atomic mass is 10.1. The van der Waals surface area contributed by atoms with Crippen LogP contribution in [-0.2, 0) is 17.9 Å². The van der Waals surface area contributed by atoms with Crippen LogP contribution in [0.2, 0.25) is 0 Å². The number of hydrogen-bond acceptors (Lipinski definition) is 4. The molecule has 0 saturated heterocycles. The zero-order chi connectivity index (χ0) is 19.6. The Morgan fingerprint density at radius 1 is 1.15 bits per heavy atom. The SMILES string of the molecule is CCCCn1c(=O)c2sccc2n(CC(=O)Nc2cc(C)ccc2C)c1=O. The van der Waals surface area contributed by atoms with Crippen molar-refractivity contribution < 1.29 is 4.79 Å². The zero-order valence-corrected chi connectivity index (χ0v) is 16.6. The van der Waals surface area contributed by atoms with Gasteiger partial charge in [0, 0.05) is 12.2 Å². The molecule has 1 amide bonds. The van der Waals surface area contributed by atoms with Crippen molar-refractivity contribution in [3.8, 4) is 0 Å². The molecule has 2 aromatic heterocycles. The van der Waals surface area contributed by atoms with Crippen molar-refractivity contribution in [3.63, 3.8) is 0 Å². The number of aryl methyl sites for hydroxylation is 2. The van der Waals surface area contributed by atoms with E-state index in [4.69, 9.17) is 0 Å². The molecule has 0 saturated carbocycles. The molecule has 0 bridgehead atoms. The molecule has 0 fully saturated rings. The van der Waals surface area contributed by atoms with Gasteiger partial charge in [0.1, 0.15) is 11.2 Å². The minimum absolute atomic E-state index is 0.133. The number of benzene rings is 1. The van der Waals surface area contributed by atoms with E-state index < -0.39 is 5.69 Å². The smallest absolute Gasteiger partial charge is 0.324 e. The van der Waals surface area contributed by atoms with Crippen LogP contribution in [0.3, 0.4) is 0 Å². The second-order valence-corrected chi connectivity index (χ2v) is 7.60. The third-order valence-electron chi connectivity index (χ3n) is 4.54. The van der Waals surface area contributed by atoms with Crippen LogP contribution in [0.25, 0.3) is 10.2 Å². The normalized spacial score (nSPS) is 11.1. The van der Waals surface area contributed by atoms with E-state index in [0.29, 0.717) is 16.8 Å². The van der Waals surface area contributed by atoms with Crippen LogP contribution in [0.15, 0.2) is 39.2 Å². The topological polar surface area (TPSA) is 73.1 Å². The number of amides is 1. The number of unbranched alkanes of at least 4 members (excludes halogenated alkanes) is 1. The largest absolute Gasteiger partial charge is 0.332 e. The first-order valence-electron chi connectivity index (χ1n) is 9.00. The Kier molecular flexibility index (Phi) is 5.60. The monoisotopic (exact) mass is 385 g/mol. The van der Waals surface area contributed by atoms with Gasteiger partial charge >= 0.3 is 5.69 Å². The van der Waals surface area contributed by atoms with Crippen LogP contribution in [0.5, 0.6) is 0 Å². The molecule has 3 rings (SSSR count). The number of thiophene rings is 1. The Labute approximate surface area is 161 Å². The summed E-state index contributed by atoms with van der Waals surface area (Å²) in [5.74, 6) is -0.293. The average Bonchev–Trinajstić information content (AvgIpc) is 3.12. The molecule has 0 aliphatic heterocycles. The Morgan fingerprint density at radius 3 is 2.67 bits per heavy atom. The molecule has 0 spiro atoms. The van der Waals surface area contributed by atoms with Crippen molar-refractivity contribution in [2.45, 2.75) is 46.7 Å². The molecule has 0 unspecified atom stereocenters. The van der Waals surface area contributed by atoms with E-state index in [0.717, 1.165) is 29.7 Å². The number of nitrogens with one attached hydrogen (secondary N) is 1. The van der Waals surface area contributed by atoms with Gasteiger partial charge in [-0.2, -0.15) is 0 Å². The average molecular weight is 385 g/mol. The van der Waals surface area contributed by atoms with Gasteiger partial charge in [-0.3, -0.25) is 18.7 Å². The first-order chi connectivity index (χ1) is 12.9. The predicted molar refractivity (Wildman–Crippen MR) is 110 cm³/mol. The number of anilines is 1. The number of hydrogen-bond donors (Lipinski definition) is 1. The van der Waals surface area contributed by atoms with Gasteiger partial charge in [-0.25, -0.2) is 4.79 Å². The minimum atomic E-state index is -0.435. The summed E-state index contributed by atoms with van der Waals surface area (Å²) in [4.78, 5) is 38.1. The molecule has 142 valence electrons. The molecule has 2 heterocycles. The highest BCUT2D eigenvalue weighted by atomic mass is 32.1. The van der Waals surface area contributed by atoms with Gasteiger partial charge in [0.25, 0.3) is 5.56 Å². The third-order valence-corrected chi connectivity index (χ3v) is 5.43.